The van der Waals surface area contributed by atoms with Gasteiger partial charge in [-0.15, -0.1) is 0 Å². The van der Waals surface area contributed by atoms with E-state index in [0.717, 1.165) is 22.1 Å². The lowest BCUT2D eigenvalue weighted by Gasteiger charge is -2.49. The highest BCUT2D eigenvalue weighted by molar-refractivity contribution is 5.94. The molecule has 2 heterocycles. The van der Waals surface area contributed by atoms with E-state index in [-0.39, 0.29) is 11.3 Å². The Labute approximate surface area is 177 Å². The maximum Gasteiger partial charge on any atom is 0.223 e. The number of nitrogens with one attached hydrogen (secondary N) is 1. The van der Waals surface area contributed by atoms with Crippen molar-refractivity contribution in [3.8, 4) is 5.75 Å². The number of amides is 1. The number of anilines is 1. The summed E-state index contributed by atoms with van der Waals surface area (Å²) in [5.74, 6) is 0.907. The normalized spacial score (nSPS) is 22.1. The van der Waals surface area contributed by atoms with Crippen LogP contribution in [0.3, 0.4) is 0 Å². The topological polar surface area (TPSA) is 41.6 Å². The number of carbonyl (C=O) groups is 1. The summed E-state index contributed by atoms with van der Waals surface area (Å²) in [7, 11) is 1.70. The maximum atomic E-state index is 12.6. The van der Waals surface area contributed by atoms with Crippen LogP contribution >= 0.6 is 0 Å². The molecule has 1 saturated heterocycles. The molecule has 152 valence electrons. The number of carbonyl (C=O) groups excluding carboxylic acids is 1. The average molecular weight is 399 g/mol. The Kier molecular flexibility index (Phi) is 4.14. The van der Waals surface area contributed by atoms with E-state index < -0.39 is 5.66 Å². The third-order valence-corrected chi connectivity index (χ3v) is 6.78. The first kappa shape index (κ1) is 18.7. The van der Waals surface area contributed by atoms with Crippen LogP contribution in [0.2, 0.25) is 0 Å². The van der Waals surface area contributed by atoms with Crippen LogP contribution in [-0.4, -0.2) is 25.2 Å². The van der Waals surface area contributed by atoms with Gasteiger partial charge in [-0.2, -0.15) is 0 Å². The van der Waals surface area contributed by atoms with E-state index in [9.17, 15) is 4.79 Å². The second-order valence-corrected chi connectivity index (χ2v) is 8.59. The number of hydrogen-bond acceptors (Lipinski definition) is 3. The highest BCUT2D eigenvalue weighted by Crippen LogP contribution is 2.52. The fourth-order valence-corrected chi connectivity index (χ4v) is 5.15. The number of methoxy groups -OCH3 is 1. The highest BCUT2D eigenvalue weighted by atomic mass is 16.5. The Morgan fingerprint density at radius 1 is 1.03 bits per heavy atom. The summed E-state index contributed by atoms with van der Waals surface area (Å²) in [5.41, 5.74) is 2.54. The molecule has 30 heavy (non-hydrogen) atoms. The lowest BCUT2D eigenvalue weighted by Crippen LogP contribution is -2.68. The molecular formula is C26H26N2O2. The summed E-state index contributed by atoms with van der Waals surface area (Å²) in [5, 5.41) is 5.64. The number of fused-ring (bicyclic) bond motifs is 4. The molecular weight excluding hydrogens is 372 g/mol. The molecule has 0 saturated carbocycles. The fraction of sp³-hybridized carbons (Fsp3) is 0.269. The molecule has 4 nitrogen and oxygen atoms in total. The quantitative estimate of drug-likeness (QED) is 0.684. The van der Waals surface area contributed by atoms with Gasteiger partial charge in [0.2, 0.25) is 5.91 Å². The number of nitrogens with zero attached hydrogens (tertiary/aromatic N) is 1. The van der Waals surface area contributed by atoms with Gasteiger partial charge in [-0.25, -0.2) is 0 Å². The molecule has 0 aliphatic carbocycles. The predicted molar refractivity (Wildman–Crippen MR) is 122 cm³/mol. The van der Waals surface area contributed by atoms with Crippen molar-refractivity contribution in [2.24, 2.45) is 0 Å². The van der Waals surface area contributed by atoms with Crippen LogP contribution in [0, 0.1) is 0 Å². The van der Waals surface area contributed by atoms with E-state index in [0.29, 0.717) is 13.0 Å². The molecule has 1 amide bonds. The van der Waals surface area contributed by atoms with Crippen LogP contribution in [0.5, 0.6) is 5.75 Å². The standard InChI is InChI=1S/C26H26N2O2/c1-25(2)21-10-6-7-11-22(21)28-17-15-24(29)27-26(25,28)16-14-20-19-9-5-4-8-18(19)12-13-23(20)30-3/h4-14,16H,15,17H2,1-3H3,(H,27,29)/b16-14+. The van der Waals surface area contributed by atoms with E-state index in [1.165, 1.54) is 11.3 Å². The van der Waals surface area contributed by atoms with Gasteiger partial charge < -0.3 is 15.0 Å². The summed E-state index contributed by atoms with van der Waals surface area (Å²) in [6.07, 6.45) is 4.78. The number of rotatable bonds is 3. The van der Waals surface area contributed by atoms with Crippen LogP contribution in [-0.2, 0) is 10.2 Å². The minimum Gasteiger partial charge on any atom is -0.496 e. The molecule has 4 heteroatoms. The summed E-state index contributed by atoms with van der Waals surface area (Å²) in [4.78, 5) is 14.9. The average Bonchev–Trinajstić information content (AvgIpc) is 2.95. The molecule has 1 unspecified atom stereocenters. The molecule has 5 rings (SSSR count). The van der Waals surface area contributed by atoms with Gasteiger partial charge in [-0.1, -0.05) is 68.5 Å². The third kappa shape index (κ3) is 2.49. The summed E-state index contributed by atoms with van der Waals surface area (Å²) in [6.45, 7) is 5.12. The lowest BCUT2D eigenvalue weighted by molar-refractivity contribution is -0.124. The van der Waals surface area contributed by atoms with E-state index in [1.807, 2.05) is 18.2 Å². The summed E-state index contributed by atoms with van der Waals surface area (Å²) in [6, 6.07) is 20.9. The largest absolute Gasteiger partial charge is 0.496 e. The Balaban J connectivity index is 1.71. The second-order valence-electron chi connectivity index (χ2n) is 8.59. The molecule has 0 spiro atoms. The minimum absolute atomic E-state index is 0.0849. The van der Waals surface area contributed by atoms with E-state index in [2.05, 4.69) is 78.7 Å². The molecule has 2 aliphatic rings. The lowest BCUT2D eigenvalue weighted by atomic mass is 9.74. The molecule has 1 atom stereocenters. The van der Waals surface area contributed by atoms with Crippen molar-refractivity contribution in [2.75, 3.05) is 18.6 Å². The van der Waals surface area contributed by atoms with Crippen molar-refractivity contribution in [1.82, 2.24) is 5.32 Å². The Morgan fingerprint density at radius 2 is 1.80 bits per heavy atom. The fourth-order valence-electron chi connectivity index (χ4n) is 5.15. The van der Waals surface area contributed by atoms with Crippen molar-refractivity contribution in [3.63, 3.8) is 0 Å². The van der Waals surface area contributed by atoms with Gasteiger partial charge in [0.05, 0.1) is 7.11 Å². The van der Waals surface area contributed by atoms with Gasteiger partial charge in [-0.05, 0) is 34.5 Å². The van der Waals surface area contributed by atoms with Crippen LogP contribution in [0.1, 0.15) is 31.4 Å². The number of para-hydroxylation sites is 1. The van der Waals surface area contributed by atoms with Crippen molar-refractivity contribution < 1.29 is 9.53 Å². The number of ether oxygens (including phenoxy) is 1. The maximum absolute atomic E-state index is 12.6. The van der Waals surface area contributed by atoms with Crippen molar-refractivity contribution >= 4 is 28.4 Å². The van der Waals surface area contributed by atoms with Gasteiger partial charge in [0.25, 0.3) is 0 Å². The third-order valence-electron chi connectivity index (χ3n) is 6.78. The zero-order valence-corrected chi connectivity index (χ0v) is 17.6. The molecule has 0 aromatic heterocycles. The van der Waals surface area contributed by atoms with Crippen LogP contribution < -0.4 is 15.0 Å². The van der Waals surface area contributed by atoms with E-state index in [1.54, 1.807) is 7.11 Å². The Morgan fingerprint density at radius 3 is 2.63 bits per heavy atom. The first-order valence-corrected chi connectivity index (χ1v) is 10.4. The number of hydrogen-bond donors (Lipinski definition) is 1. The van der Waals surface area contributed by atoms with Crippen LogP contribution in [0.15, 0.2) is 66.7 Å². The van der Waals surface area contributed by atoms with Crippen LogP contribution in [0.25, 0.3) is 16.8 Å². The first-order chi connectivity index (χ1) is 14.5. The van der Waals surface area contributed by atoms with Gasteiger partial charge in [-0.3, -0.25) is 4.79 Å². The molecule has 0 bridgehead atoms. The van der Waals surface area contributed by atoms with Gasteiger partial charge in [0.1, 0.15) is 11.4 Å². The number of benzene rings is 3. The second kappa shape index (κ2) is 6.63. The Hall–Kier alpha value is -3.27. The van der Waals surface area contributed by atoms with Crippen molar-refractivity contribution in [2.45, 2.75) is 31.3 Å². The van der Waals surface area contributed by atoms with Gasteiger partial charge >= 0.3 is 0 Å². The zero-order valence-electron chi connectivity index (χ0n) is 17.6. The summed E-state index contributed by atoms with van der Waals surface area (Å²) < 4.78 is 5.69. The smallest absolute Gasteiger partial charge is 0.223 e. The van der Waals surface area contributed by atoms with Crippen molar-refractivity contribution in [3.05, 3.63) is 77.9 Å². The zero-order chi connectivity index (χ0) is 20.9. The molecule has 1 fully saturated rings. The van der Waals surface area contributed by atoms with Gasteiger partial charge in [0.15, 0.2) is 0 Å². The van der Waals surface area contributed by atoms with Crippen LogP contribution in [0.4, 0.5) is 5.69 Å². The first-order valence-electron chi connectivity index (χ1n) is 10.4. The Bertz CT molecular complexity index is 1180. The van der Waals surface area contributed by atoms with Gasteiger partial charge in [0, 0.05) is 29.6 Å². The highest BCUT2D eigenvalue weighted by Gasteiger charge is 2.57. The van der Waals surface area contributed by atoms with Crippen molar-refractivity contribution in [1.29, 1.82) is 0 Å². The molecule has 0 radical (unpaired) electrons. The predicted octanol–water partition coefficient (Wildman–Crippen LogP) is 4.88. The minimum atomic E-state index is -0.631. The molecule has 3 aromatic carbocycles. The van der Waals surface area contributed by atoms with E-state index in [4.69, 9.17) is 4.74 Å². The molecule has 2 aliphatic heterocycles. The summed E-state index contributed by atoms with van der Waals surface area (Å²) >= 11 is 0. The molecule has 1 N–H and O–H groups in total. The monoisotopic (exact) mass is 398 g/mol. The molecule has 3 aromatic rings. The SMILES string of the molecule is COc1ccc2ccccc2c1/C=C/C12NC(=O)CCN1c1ccccc1C2(C)C. The van der Waals surface area contributed by atoms with E-state index >= 15 is 0 Å².